The van der Waals surface area contributed by atoms with E-state index in [0.29, 0.717) is 29.5 Å². The second-order valence-electron chi connectivity index (χ2n) is 4.05. The maximum Gasteiger partial charge on any atom is 0.263 e. The first-order valence-corrected chi connectivity index (χ1v) is 6.80. The van der Waals surface area contributed by atoms with Gasteiger partial charge in [-0.05, 0) is 22.6 Å². The Labute approximate surface area is 128 Å². The van der Waals surface area contributed by atoms with Crippen molar-refractivity contribution in [2.24, 2.45) is 0 Å². The molecule has 1 heterocycles. The van der Waals surface area contributed by atoms with Gasteiger partial charge in [-0.25, -0.2) is 18.7 Å². The molecule has 1 aromatic carbocycles. The summed E-state index contributed by atoms with van der Waals surface area (Å²) in [5.74, 6) is 0.747. The van der Waals surface area contributed by atoms with Crippen LogP contribution < -0.4 is 5.73 Å². The standard InChI is InChI=1S/C13H12F2IN3O/c1-20-6-9-10(16)12(17)19-13(18-9)8-4-2-7(3-5-8)11(14)15/h2-5,11H,6H2,1H3,(H2,17,18,19). The van der Waals surface area contributed by atoms with Crippen LogP contribution in [-0.4, -0.2) is 17.1 Å². The van der Waals surface area contributed by atoms with Gasteiger partial charge in [-0.15, -0.1) is 0 Å². The minimum atomic E-state index is -2.49. The molecule has 106 valence electrons. The second-order valence-corrected chi connectivity index (χ2v) is 5.13. The zero-order valence-electron chi connectivity index (χ0n) is 10.6. The summed E-state index contributed by atoms with van der Waals surface area (Å²) in [5.41, 5.74) is 7.10. The Morgan fingerprint density at radius 3 is 2.45 bits per heavy atom. The molecule has 0 amide bonds. The molecular formula is C13H12F2IN3O. The number of nitrogens with two attached hydrogens (primary N) is 1. The number of halogens is 3. The molecule has 2 N–H and O–H groups in total. The van der Waals surface area contributed by atoms with Crippen LogP contribution in [0.5, 0.6) is 0 Å². The summed E-state index contributed by atoms with van der Waals surface area (Å²) in [6.45, 7) is 0.313. The van der Waals surface area contributed by atoms with E-state index in [1.165, 1.54) is 12.1 Å². The van der Waals surface area contributed by atoms with E-state index < -0.39 is 6.43 Å². The van der Waals surface area contributed by atoms with E-state index in [1.54, 1.807) is 19.2 Å². The molecule has 0 aliphatic rings. The molecule has 2 rings (SSSR count). The molecule has 0 unspecified atom stereocenters. The molecule has 0 spiro atoms. The molecule has 0 bridgehead atoms. The minimum Gasteiger partial charge on any atom is -0.383 e. The number of nitrogen functional groups attached to an aromatic ring is 1. The molecule has 20 heavy (non-hydrogen) atoms. The van der Waals surface area contributed by atoms with Crippen molar-refractivity contribution in [3.63, 3.8) is 0 Å². The molecule has 0 aliphatic heterocycles. The lowest BCUT2D eigenvalue weighted by Gasteiger charge is -2.09. The Bertz CT molecular complexity index is 605. The topological polar surface area (TPSA) is 61.0 Å². The maximum absolute atomic E-state index is 12.5. The van der Waals surface area contributed by atoms with Crippen molar-refractivity contribution >= 4 is 28.4 Å². The average molecular weight is 391 g/mol. The van der Waals surface area contributed by atoms with Crippen molar-refractivity contribution in [3.05, 3.63) is 39.1 Å². The van der Waals surface area contributed by atoms with E-state index >= 15 is 0 Å². The zero-order chi connectivity index (χ0) is 14.7. The fourth-order valence-electron chi connectivity index (χ4n) is 1.65. The predicted molar refractivity (Wildman–Crippen MR) is 80.3 cm³/mol. The molecule has 1 aromatic heterocycles. The quantitative estimate of drug-likeness (QED) is 0.812. The van der Waals surface area contributed by atoms with Gasteiger partial charge in [0.15, 0.2) is 5.82 Å². The van der Waals surface area contributed by atoms with Crippen molar-refractivity contribution in [2.45, 2.75) is 13.0 Å². The van der Waals surface area contributed by atoms with E-state index in [9.17, 15) is 8.78 Å². The third-order valence-corrected chi connectivity index (χ3v) is 3.82. The molecule has 0 aliphatic carbocycles. The monoisotopic (exact) mass is 391 g/mol. The maximum atomic E-state index is 12.5. The Morgan fingerprint density at radius 1 is 1.25 bits per heavy atom. The average Bonchev–Trinajstić information content (AvgIpc) is 2.44. The zero-order valence-corrected chi connectivity index (χ0v) is 12.8. The van der Waals surface area contributed by atoms with E-state index in [2.05, 4.69) is 9.97 Å². The fourth-order valence-corrected chi connectivity index (χ4v) is 2.05. The number of methoxy groups -OCH3 is 1. The van der Waals surface area contributed by atoms with Crippen LogP contribution in [0.3, 0.4) is 0 Å². The van der Waals surface area contributed by atoms with Gasteiger partial charge >= 0.3 is 0 Å². The highest BCUT2D eigenvalue weighted by molar-refractivity contribution is 14.1. The van der Waals surface area contributed by atoms with E-state index in [0.717, 1.165) is 3.57 Å². The lowest BCUT2D eigenvalue weighted by atomic mass is 10.1. The number of alkyl halides is 2. The number of hydrogen-bond acceptors (Lipinski definition) is 4. The number of aromatic nitrogens is 2. The van der Waals surface area contributed by atoms with Gasteiger partial charge in [-0.2, -0.15) is 0 Å². The van der Waals surface area contributed by atoms with Crippen LogP contribution in [0.1, 0.15) is 17.7 Å². The summed E-state index contributed by atoms with van der Waals surface area (Å²) in [5, 5.41) is 0. The Hall–Kier alpha value is -1.35. The highest BCUT2D eigenvalue weighted by Gasteiger charge is 2.12. The second kappa shape index (κ2) is 6.40. The van der Waals surface area contributed by atoms with Crippen molar-refractivity contribution in [1.82, 2.24) is 9.97 Å². The lowest BCUT2D eigenvalue weighted by molar-refractivity contribution is 0.151. The van der Waals surface area contributed by atoms with Crippen LogP contribution in [0.15, 0.2) is 24.3 Å². The number of benzene rings is 1. The Kier molecular flexibility index (Phi) is 4.81. The summed E-state index contributed by atoms with van der Waals surface area (Å²) >= 11 is 2.05. The molecular weight excluding hydrogens is 379 g/mol. The van der Waals surface area contributed by atoms with E-state index in [1.807, 2.05) is 22.6 Å². The Balaban J connectivity index is 2.41. The fraction of sp³-hybridized carbons (Fsp3) is 0.231. The molecule has 7 heteroatoms. The van der Waals surface area contributed by atoms with Crippen molar-refractivity contribution in [1.29, 1.82) is 0 Å². The van der Waals surface area contributed by atoms with Gasteiger partial charge in [0.1, 0.15) is 5.82 Å². The first-order chi connectivity index (χ1) is 9.52. The van der Waals surface area contributed by atoms with E-state index in [4.69, 9.17) is 10.5 Å². The third-order valence-electron chi connectivity index (χ3n) is 2.65. The van der Waals surface area contributed by atoms with Crippen LogP contribution >= 0.6 is 22.6 Å². The normalized spacial score (nSPS) is 11.1. The molecule has 0 fully saturated rings. The third kappa shape index (κ3) is 3.21. The van der Waals surface area contributed by atoms with Crippen molar-refractivity contribution < 1.29 is 13.5 Å². The van der Waals surface area contributed by atoms with Gasteiger partial charge < -0.3 is 10.5 Å². The van der Waals surface area contributed by atoms with Gasteiger partial charge in [-0.3, -0.25) is 0 Å². The molecule has 4 nitrogen and oxygen atoms in total. The van der Waals surface area contributed by atoms with E-state index in [-0.39, 0.29) is 5.56 Å². The van der Waals surface area contributed by atoms with Gasteiger partial charge in [-0.1, -0.05) is 24.3 Å². The van der Waals surface area contributed by atoms with Gasteiger partial charge in [0.2, 0.25) is 0 Å². The predicted octanol–water partition coefficient (Wildman–Crippen LogP) is 3.41. The molecule has 0 radical (unpaired) electrons. The number of rotatable bonds is 4. The van der Waals surface area contributed by atoms with Crippen molar-refractivity contribution in [3.8, 4) is 11.4 Å². The summed E-state index contributed by atoms with van der Waals surface area (Å²) in [7, 11) is 1.56. The smallest absolute Gasteiger partial charge is 0.263 e. The number of nitrogens with zero attached hydrogens (tertiary/aromatic N) is 2. The van der Waals surface area contributed by atoms with Gasteiger partial charge in [0.05, 0.1) is 15.9 Å². The van der Waals surface area contributed by atoms with Crippen LogP contribution in [0.25, 0.3) is 11.4 Å². The summed E-state index contributed by atoms with van der Waals surface area (Å²) < 4.78 is 30.8. The minimum absolute atomic E-state index is 0.0376. The molecule has 0 saturated carbocycles. The summed E-state index contributed by atoms with van der Waals surface area (Å²) in [4.78, 5) is 8.53. The van der Waals surface area contributed by atoms with Crippen molar-refractivity contribution in [2.75, 3.05) is 12.8 Å². The lowest BCUT2D eigenvalue weighted by Crippen LogP contribution is -2.06. The number of anilines is 1. The van der Waals surface area contributed by atoms with Crippen LogP contribution in [0.2, 0.25) is 0 Å². The van der Waals surface area contributed by atoms with Crippen LogP contribution in [-0.2, 0) is 11.3 Å². The summed E-state index contributed by atoms with van der Waals surface area (Å²) in [6.07, 6.45) is -2.49. The largest absolute Gasteiger partial charge is 0.383 e. The van der Waals surface area contributed by atoms with Crippen LogP contribution in [0, 0.1) is 3.57 Å². The molecule has 0 saturated heterocycles. The SMILES string of the molecule is COCc1nc(-c2ccc(C(F)F)cc2)nc(N)c1I. The van der Waals surface area contributed by atoms with Gasteiger partial charge in [0.25, 0.3) is 6.43 Å². The highest BCUT2D eigenvalue weighted by Crippen LogP contribution is 2.25. The Morgan fingerprint density at radius 2 is 1.90 bits per heavy atom. The van der Waals surface area contributed by atoms with Gasteiger partial charge in [0, 0.05) is 18.2 Å². The molecule has 0 atom stereocenters. The number of hydrogen-bond donors (Lipinski definition) is 1. The number of ether oxygens (including phenoxy) is 1. The van der Waals surface area contributed by atoms with Crippen LogP contribution in [0.4, 0.5) is 14.6 Å². The highest BCUT2D eigenvalue weighted by atomic mass is 127. The first-order valence-electron chi connectivity index (χ1n) is 5.72. The first kappa shape index (κ1) is 15.0. The molecule has 2 aromatic rings. The summed E-state index contributed by atoms with van der Waals surface area (Å²) in [6, 6.07) is 5.82.